The summed E-state index contributed by atoms with van der Waals surface area (Å²) >= 11 is 0. The number of hydrogen-bond acceptors (Lipinski definition) is 2. The highest BCUT2D eigenvalue weighted by Crippen LogP contribution is 2.47. The van der Waals surface area contributed by atoms with E-state index in [1.165, 1.54) is 19.3 Å². The van der Waals surface area contributed by atoms with Gasteiger partial charge in [0.05, 0.1) is 6.54 Å². The molecule has 1 saturated heterocycles. The average Bonchev–Trinajstić information content (AvgIpc) is 2.82. The molecule has 126 valence electrons. The number of nitrogens with zero attached hydrogens (tertiary/aromatic N) is 3. The van der Waals surface area contributed by atoms with Gasteiger partial charge in [-0.2, -0.15) is 13.2 Å². The fraction of sp³-hybridized carbons (Fsp3) is 0.857. The maximum absolute atomic E-state index is 12.3. The number of alkyl halides is 3. The van der Waals surface area contributed by atoms with Crippen LogP contribution in [0.2, 0.25) is 0 Å². The van der Waals surface area contributed by atoms with Gasteiger partial charge in [0.25, 0.3) is 0 Å². The molecule has 1 heterocycles. The molecule has 0 aromatic carbocycles. The van der Waals surface area contributed by atoms with Crippen LogP contribution in [0, 0.1) is 5.41 Å². The van der Waals surface area contributed by atoms with Crippen molar-refractivity contribution in [3.05, 3.63) is 0 Å². The van der Waals surface area contributed by atoms with Gasteiger partial charge in [-0.25, -0.2) is 0 Å². The molecule has 0 atom stereocenters. The molecule has 8 heteroatoms. The molecule has 2 aliphatic rings. The van der Waals surface area contributed by atoms with Gasteiger partial charge in [0.15, 0.2) is 5.96 Å². The van der Waals surface area contributed by atoms with E-state index in [-0.39, 0.29) is 6.54 Å². The van der Waals surface area contributed by atoms with Crippen LogP contribution >= 0.6 is 0 Å². The van der Waals surface area contributed by atoms with Crippen molar-refractivity contribution in [3.8, 4) is 0 Å². The summed E-state index contributed by atoms with van der Waals surface area (Å²) in [4.78, 5) is 18.7. The van der Waals surface area contributed by atoms with Gasteiger partial charge < -0.3 is 15.1 Å². The normalized spacial score (nSPS) is 21.0. The highest BCUT2D eigenvalue weighted by Gasteiger charge is 2.43. The van der Waals surface area contributed by atoms with Crippen LogP contribution < -0.4 is 5.32 Å². The highest BCUT2D eigenvalue weighted by atomic mass is 19.4. The van der Waals surface area contributed by atoms with Gasteiger partial charge >= 0.3 is 6.18 Å². The van der Waals surface area contributed by atoms with Crippen LogP contribution in [0.1, 0.15) is 25.7 Å². The van der Waals surface area contributed by atoms with Crippen molar-refractivity contribution in [1.82, 2.24) is 15.1 Å². The minimum absolute atomic E-state index is 0.178. The number of likely N-dealkylation sites (tertiary alicyclic amines) is 1. The number of guanidine groups is 1. The Morgan fingerprint density at radius 3 is 2.50 bits per heavy atom. The van der Waals surface area contributed by atoms with Gasteiger partial charge in [-0.15, -0.1) is 0 Å². The number of carbonyl (C=O) groups excluding carboxylic acids is 1. The van der Waals surface area contributed by atoms with Crippen LogP contribution in [-0.4, -0.2) is 68.1 Å². The monoisotopic (exact) mass is 320 g/mol. The quantitative estimate of drug-likeness (QED) is 0.633. The first-order valence-corrected chi connectivity index (χ1v) is 7.51. The van der Waals surface area contributed by atoms with Crippen molar-refractivity contribution >= 4 is 11.9 Å². The standard InChI is InChI=1S/C14H23F3N4O/c1-18-12(21-7-6-13(9-21)4-3-5-13)19-8-11(22)20(2)10-14(15,16)17/h3-10H2,1-2H3,(H,18,19). The average molecular weight is 320 g/mol. The number of nitrogens with one attached hydrogen (secondary N) is 1. The van der Waals surface area contributed by atoms with E-state index in [2.05, 4.69) is 15.2 Å². The highest BCUT2D eigenvalue weighted by molar-refractivity contribution is 5.86. The van der Waals surface area contributed by atoms with Crippen LogP contribution in [0.5, 0.6) is 0 Å². The number of likely N-dealkylation sites (N-methyl/N-ethyl adjacent to an activating group) is 1. The van der Waals surface area contributed by atoms with E-state index in [1.54, 1.807) is 7.05 Å². The van der Waals surface area contributed by atoms with Crippen LogP contribution in [0.25, 0.3) is 0 Å². The molecular formula is C14H23F3N4O. The maximum Gasteiger partial charge on any atom is 0.406 e. The van der Waals surface area contributed by atoms with Gasteiger partial charge in [-0.1, -0.05) is 6.42 Å². The van der Waals surface area contributed by atoms with Gasteiger partial charge in [0, 0.05) is 27.2 Å². The molecule has 0 aromatic rings. The minimum atomic E-state index is -4.38. The molecule has 5 nitrogen and oxygen atoms in total. The summed E-state index contributed by atoms with van der Waals surface area (Å²) in [6, 6.07) is 0. The number of halogens is 3. The Kier molecular flexibility index (Phi) is 4.87. The minimum Gasteiger partial charge on any atom is -0.347 e. The Balaban J connectivity index is 1.80. The molecule has 1 saturated carbocycles. The topological polar surface area (TPSA) is 47.9 Å². The lowest BCUT2D eigenvalue weighted by atomic mass is 9.68. The third kappa shape index (κ3) is 4.04. The molecule has 0 radical (unpaired) electrons. The first-order chi connectivity index (χ1) is 10.2. The lowest BCUT2D eigenvalue weighted by Crippen LogP contribution is -2.47. The molecule has 1 aliphatic carbocycles. The van der Waals surface area contributed by atoms with Gasteiger partial charge in [0.1, 0.15) is 6.54 Å². The molecule has 22 heavy (non-hydrogen) atoms. The first-order valence-electron chi connectivity index (χ1n) is 7.51. The summed E-state index contributed by atoms with van der Waals surface area (Å²) in [5.41, 5.74) is 0.398. The van der Waals surface area contributed by atoms with Gasteiger partial charge in [0.2, 0.25) is 5.91 Å². The van der Waals surface area contributed by atoms with E-state index < -0.39 is 18.6 Å². The number of aliphatic imine (C=N–C) groups is 1. The molecule has 2 fully saturated rings. The Bertz CT molecular complexity index is 446. The fourth-order valence-corrected chi connectivity index (χ4v) is 3.18. The molecule has 1 spiro atoms. The second-order valence-corrected chi connectivity index (χ2v) is 6.29. The Labute approximate surface area is 128 Å². The lowest BCUT2D eigenvalue weighted by molar-refractivity contribution is -0.157. The van der Waals surface area contributed by atoms with E-state index in [9.17, 15) is 18.0 Å². The molecule has 2 rings (SSSR count). The lowest BCUT2D eigenvalue weighted by Gasteiger charge is -2.38. The predicted molar refractivity (Wildman–Crippen MR) is 77.5 cm³/mol. The van der Waals surface area contributed by atoms with Gasteiger partial charge in [-0.3, -0.25) is 9.79 Å². The Morgan fingerprint density at radius 2 is 2.05 bits per heavy atom. The summed E-state index contributed by atoms with van der Waals surface area (Å²) < 4.78 is 36.8. The molecule has 1 amide bonds. The predicted octanol–water partition coefficient (Wildman–Crippen LogP) is 1.46. The SMILES string of the molecule is CN=C(NCC(=O)N(C)CC(F)(F)F)N1CCC2(CCC2)C1. The van der Waals surface area contributed by atoms with Crippen LogP contribution in [0.4, 0.5) is 13.2 Å². The number of carbonyl (C=O) groups is 1. The third-order valence-corrected chi connectivity index (χ3v) is 4.60. The maximum atomic E-state index is 12.3. The van der Waals surface area contributed by atoms with Crippen molar-refractivity contribution in [2.45, 2.75) is 31.9 Å². The largest absolute Gasteiger partial charge is 0.406 e. The van der Waals surface area contributed by atoms with Crippen molar-refractivity contribution in [2.24, 2.45) is 10.4 Å². The molecule has 1 N–H and O–H groups in total. The number of amides is 1. The molecule has 0 aromatic heterocycles. The number of rotatable bonds is 3. The Hall–Kier alpha value is -1.47. The van der Waals surface area contributed by atoms with Crippen LogP contribution in [-0.2, 0) is 4.79 Å². The molecular weight excluding hydrogens is 297 g/mol. The summed E-state index contributed by atoms with van der Waals surface area (Å²) in [5.74, 6) is -0.00596. The van der Waals surface area contributed by atoms with Crippen molar-refractivity contribution < 1.29 is 18.0 Å². The van der Waals surface area contributed by atoms with E-state index in [4.69, 9.17) is 0 Å². The second kappa shape index (κ2) is 6.34. The zero-order chi connectivity index (χ0) is 16.4. The van der Waals surface area contributed by atoms with E-state index in [1.807, 2.05) is 0 Å². The summed E-state index contributed by atoms with van der Waals surface area (Å²) in [7, 11) is 2.78. The van der Waals surface area contributed by atoms with Gasteiger partial charge in [-0.05, 0) is 24.7 Å². The first kappa shape index (κ1) is 16.9. The van der Waals surface area contributed by atoms with Crippen LogP contribution in [0.15, 0.2) is 4.99 Å². The summed E-state index contributed by atoms with van der Waals surface area (Å²) in [5, 5.41) is 2.88. The zero-order valence-corrected chi connectivity index (χ0v) is 13.0. The van der Waals surface area contributed by atoms with E-state index in [0.717, 1.165) is 26.6 Å². The van der Waals surface area contributed by atoms with Crippen molar-refractivity contribution in [3.63, 3.8) is 0 Å². The van der Waals surface area contributed by atoms with E-state index in [0.29, 0.717) is 16.3 Å². The second-order valence-electron chi connectivity index (χ2n) is 6.29. The number of hydrogen-bond donors (Lipinski definition) is 1. The van der Waals surface area contributed by atoms with Crippen molar-refractivity contribution in [1.29, 1.82) is 0 Å². The third-order valence-electron chi connectivity index (χ3n) is 4.60. The van der Waals surface area contributed by atoms with Crippen LogP contribution in [0.3, 0.4) is 0 Å². The molecule has 0 bridgehead atoms. The fourth-order valence-electron chi connectivity index (χ4n) is 3.18. The van der Waals surface area contributed by atoms with E-state index >= 15 is 0 Å². The smallest absolute Gasteiger partial charge is 0.347 e. The summed E-state index contributed by atoms with van der Waals surface area (Å²) in [6.07, 6.45) is 0.468. The Morgan fingerprint density at radius 1 is 1.36 bits per heavy atom. The molecule has 0 unspecified atom stereocenters. The zero-order valence-electron chi connectivity index (χ0n) is 13.0. The summed E-state index contributed by atoms with van der Waals surface area (Å²) in [6.45, 7) is 0.382. The van der Waals surface area contributed by atoms with Crippen molar-refractivity contribution in [2.75, 3.05) is 40.3 Å². The molecule has 1 aliphatic heterocycles.